The second kappa shape index (κ2) is 5.07. The van der Waals surface area contributed by atoms with Crippen LogP contribution in [0.2, 0.25) is 10.0 Å². The molecule has 1 unspecified atom stereocenters. The molecule has 0 amide bonds. The first kappa shape index (κ1) is 12.4. The van der Waals surface area contributed by atoms with Crippen LogP contribution in [0.3, 0.4) is 0 Å². The molecule has 84 valence electrons. The lowest BCUT2D eigenvalue weighted by Crippen LogP contribution is -1.99. The minimum Gasteiger partial charge on any atom is -0.384 e. The fourth-order valence-corrected chi connectivity index (χ4v) is 3.31. The van der Waals surface area contributed by atoms with E-state index in [9.17, 15) is 5.11 Å². The first-order chi connectivity index (χ1) is 7.59. The van der Waals surface area contributed by atoms with E-state index in [-0.39, 0.29) is 0 Å². The quantitative estimate of drug-likeness (QED) is 0.826. The van der Waals surface area contributed by atoms with Crippen molar-refractivity contribution in [2.75, 3.05) is 0 Å². The van der Waals surface area contributed by atoms with Crippen molar-refractivity contribution in [1.29, 1.82) is 0 Å². The Morgan fingerprint density at radius 3 is 2.56 bits per heavy atom. The highest BCUT2D eigenvalue weighted by Gasteiger charge is 2.17. The number of halogens is 3. The molecule has 0 aliphatic rings. The highest BCUT2D eigenvalue weighted by atomic mass is 79.9. The standard InChI is InChI=1S/C11H7BrCl2OS/c12-9-5-16-4-8(9)11(15)7-3-6(13)1-2-10(7)14/h1-5,11,15H. The summed E-state index contributed by atoms with van der Waals surface area (Å²) in [5.74, 6) is 0. The molecule has 0 spiro atoms. The number of aliphatic hydroxyl groups is 1. The van der Waals surface area contributed by atoms with Crippen molar-refractivity contribution in [2.24, 2.45) is 0 Å². The molecular formula is C11H7BrCl2OS. The van der Waals surface area contributed by atoms with E-state index in [1.807, 2.05) is 10.8 Å². The smallest absolute Gasteiger partial charge is 0.107 e. The molecule has 1 atom stereocenters. The molecule has 1 nitrogen and oxygen atoms in total. The molecule has 0 aliphatic heterocycles. The van der Waals surface area contributed by atoms with Gasteiger partial charge in [0.25, 0.3) is 0 Å². The Balaban J connectivity index is 2.45. The van der Waals surface area contributed by atoms with Gasteiger partial charge in [-0.25, -0.2) is 0 Å². The zero-order chi connectivity index (χ0) is 11.7. The van der Waals surface area contributed by atoms with Gasteiger partial charge < -0.3 is 5.11 Å². The van der Waals surface area contributed by atoms with E-state index >= 15 is 0 Å². The zero-order valence-corrected chi connectivity index (χ0v) is 11.9. The molecule has 0 fully saturated rings. The van der Waals surface area contributed by atoms with Gasteiger partial charge in [-0.2, -0.15) is 11.3 Å². The third kappa shape index (κ3) is 2.44. The molecule has 1 aromatic heterocycles. The lowest BCUT2D eigenvalue weighted by Gasteiger charge is -2.12. The minimum atomic E-state index is -0.758. The van der Waals surface area contributed by atoms with Crippen molar-refractivity contribution in [3.8, 4) is 0 Å². The molecule has 0 saturated carbocycles. The maximum atomic E-state index is 10.2. The molecule has 0 radical (unpaired) electrons. The normalized spacial score (nSPS) is 12.8. The third-order valence-electron chi connectivity index (χ3n) is 2.19. The van der Waals surface area contributed by atoms with E-state index in [2.05, 4.69) is 15.9 Å². The van der Waals surface area contributed by atoms with E-state index < -0.39 is 6.10 Å². The summed E-state index contributed by atoms with van der Waals surface area (Å²) in [4.78, 5) is 0. The maximum Gasteiger partial charge on any atom is 0.107 e. The fourth-order valence-electron chi connectivity index (χ4n) is 1.38. The van der Waals surface area contributed by atoms with Gasteiger partial charge in [0.2, 0.25) is 0 Å². The van der Waals surface area contributed by atoms with Gasteiger partial charge in [-0.1, -0.05) is 23.2 Å². The zero-order valence-electron chi connectivity index (χ0n) is 7.95. The van der Waals surface area contributed by atoms with Crippen LogP contribution in [0.15, 0.2) is 33.4 Å². The Morgan fingerprint density at radius 1 is 1.19 bits per heavy atom. The molecule has 16 heavy (non-hydrogen) atoms. The van der Waals surface area contributed by atoms with E-state index in [0.717, 1.165) is 10.0 Å². The Kier molecular flexibility index (Phi) is 3.93. The van der Waals surface area contributed by atoms with Crippen molar-refractivity contribution >= 4 is 50.5 Å². The van der Waals surface area contributed by atoms with E-state index in [1.54, 1.807) is 18.2 Å². The van der Waals surface area contributed by atoms with Crippen molar-refractivity contribution in [1.82, 2.24) is 0 Å². The van der Waals surface area contributed by atoms with Crippen LogP contribution in [0.25, 0.3) is 0 Å². The van der Waals surface area contributed by atoms with Gasteiger partial charge in [0.15, 0.2) is 0 Å². The van der Waals surface area contributed by atoms with Crippen LogP contribution in [0.4, 0.5) is 0 Å². The van der Waals surface area contributed by atoms with E-state index in [0.29, 0.717) is 15.6 Å². The van der Waals surface area contributed by atoms with Crippen LogP contribution in [-0.4, -0.2) is 5.11 Å². The number of rotatable bonds is 2. The molecule has 0 aliphatic carbocycles. The molecule has 2 aromatic rings. The Labute approximate surface area is 116 Å². The van der Waals surface area contributed by atoms with Crippen LogP contribution in [0, 0.1) is 0 Å². The summed E-state index contributed by atoms with van der Waals surface area (Å²) in [6.45, 7) is 0. The number of hydrogen-bond donors (Lipinski definition) is 1. The van der Waals surface area contributed by atoms with Crippen molar-refractivity contribution < 1.29 is 5.11 Å². The fraction of sp³-hybridized carbons (Fsp3) is 0.0909. The SMILES string of the molecule is OC(c1cc(Cl)ccc1Cl)c1cscc1Br. The van der Waals surface area contributed by atoms with Gasteiger partial charge in [-0.05, 0) is 39.5 Å². The van der Waals surface area contributed by atoms with Crippen LogP contribution in [0.1, 0.15) is 17.2 Å². The van der Waals surface area contributed by atoms with Gasteiger partial charge >= 0.3 is 0 Å². The number of benzene rings is 1. The molecule has 1 N–H and O–H groups in total. The minimum absolute atomic E-state index is 0.509. The van der Waals surface area contributed by atoms with Gasteiger partial charge in [0, 0.05) is 31.0 Å². The Hall–Kier alpha value is -0.0600. The van der Waals surface area contributed by atoms with Crippen LogP contribution in [-0.2, 0) is 0 Å². The largest absolute Gasteiger partial charge is 0.384 e. The molecule has 1 aromatic carbocycles. The van der Waals surface area contributed by atoms with Gasteiger partial charge in [0.05, 0.1) is 0 Å². The van der Waals surface area contributed by atoms with Crippen molar-refractivity contribution in [3.63, 3.8) is 0 Å². The number of thiophene rings is 1. The van der Waals surface area contributed by atoms with Crippen molar-refractivity contribution in [2.45, 2.75) is 6.10 Å². The van der Waals surface area contributed by atoms with E-state index in [4.69, 9.17) is 23.2 Å². The topological polar surface area (TPSA) is 20.2 Å². The van der Waals surface area contributed by atoms with Gasteiger partial charge in [0.1, 0.15) is 6.10 Å². The van der Waals surface area contributed by atoms with Crippen LogP contribution < -0.4 is 0 Å². The highest BCUT2D eigenvalue weighted by molar-refractivity contribution is 9.10. The number of aliphatic hydroxyl groups excluding tert-OH is 1. The summed E-state index contributed by atoms with van der Waals surface area (Å²) >= 11 is 16.8. The van der Waals surface area contributed by atoms with Crippen LogP contribution in [0.5, 0.6) is 0 Å². The second-order valence-electron chi connectivity index (χ2n) is 3.24. The average molecular weight is 338 g/mol. The lowest BCUT2D eigenvalue weighted by atomic mass is 10.0. The maximum absolute atomic E-state index is 10.2. The summed E-state index contributed by atoms with van der Waals surface area (Å²) < 4.78 is 0.876. The highest BCUT2D eigenvalue weighted by Crippen LogP contribution is 2.35. The van der Waals surface area contributed by atoms with Gasteiger partial charge in [-0.3, -0.25) is 0 Å². The lowest BCUT2D eigenvalue weighted by molar-refractivity contribution is 0.220. The second-order valence-corrected chi connectivity index (χ2v) is 5.68. The predicted octanol–water partition coefficient (Wildman–Crippen LogP) is 4.90. The Morgan fingerprint density at radius 2 is 1.94 bits per heavy atom. The van der Waals surface area contributed by atoms with Crippen LogP contribution >= 0.6 is 50.5 Å². The predicted molar refractivity (Wildman–Crippen MR) is 72.5 cm³/mol. The molecule has 0 bridgehead atoms. The molecule has 2 rings (SSSR count). The summed E-state index contributed by atoms with van der Waals surface area (Å²) in [6, 6.07) is 5.06. The first-order valence-corrected chi connectivity index (χ1v) is 6.93. The molecule has 5 heteroatoms. The van der Waals surface area contributed by atoms with Gasteiger partial charge in [-0.15, -0.1) is 0 Å². The number of hydrogen-bond acceptors (Lipinski definition) is 2. The third-order valence-corrected chi connectivity index (χ3v) is 4.52. The summed E-state index contributed by atoms with van der Waals surface area (Å²) in [5.41, 5.74) is 1.42. The first-order valence-electron chi connectivity index (χ1n) is 4.44. The van der Waals surface area contributed by atoms with E-state index in [1.165, 1.54) is 11.3 Å². The molecule has 0 saturated heterocycles. The summed E-state index contributed by atoms with van der Waals surface area (Å²) in [7, 11) is 0. The summed E-state index contributed by atoms with van der Waals surface area (Å²) in [6.07, 6.45) is -0.758. The Bertz CT molecular complexity index is 512. The molecule has 1 heterocycles. The monoisotopic (exact) mass is 336 g/mol. The van der Waals surface area contributed by atoms with Crippen molar-refractivity contribution in [3.05, 3.63) is 54.6 Å². The average Bonchev–Trinajstić information content (AvgIpc) is 2.67. The summed E-state index contributed by atoms with van der Waals surface area (Å²) in [5, 5.41) is 15.1. The molecular weight excluding hydrogens is 331 g/mol.